The maximum Gasteiger partial charge on any atom is 0.339 e. The number of nitrogens with two attached hydrogens (primary N) is 1. The number of esters is 1. The molecule has 0 aliphatic carbocycles. The second kappa shape index (κ2) is 5.26. The summed E-state index contributed by atoms with van der Waals surface area (Å²) in [6, 6.07) is 5.09. The third-order valence-electron chi connectivity index (χ3n) is 2.74. The van der Waals surface area contributed by atoms with E-state index in [1.807, 2.05) is 22.2 Å². The van der Waals surface area contributed by atoms with Crippen molar-refractivity contribution >= 4 is 43.9 Å². The van der Waals surface area contributed by atoms with E-state index in [0.29, 0.717) is 21.4 Å². The predicted molar refractivity (Wildman–Crippen MR) is 80.7 cm³/mol. The molecule has 7 heteroatoms. The molecule has 3 rings (SSSR count). The summed E-state index contributed by atoms with van der Waals surface area (Å²) in [5, 5.41) is 1.95. The van der Waals surface area contributed by atoms with Crippen LogP contribution in [0.3, 0.4) is 0 Å². The first-order valence-corrected chi connectivity index (χ1v) is 7.44. The largest absolute Gasteiger partial charge is 0.455 e. The Bertz CT molecular complexity index is 752. The lowest BCUT2D eigenvalue weighted by Crippen LogP contribution is -2.07. The van der Waals surface area contributed by atoms with Gasteiger partial charge in [-0.2, -0.15) is 0 Å². The molecule has 2 heterocycles. The van der Waals surface area contributed by atoms with Crippen molar-refractivity contribution in [2.24, 2.45) is 0 Å². The number of nitrogen functional groups attached to an aromatic ring is 1. The summed E-state index contributed by atoms with van der Waals surface area (Å²) in [6.07, 6.45) is 3.75. The Balaban J connectivity index is 1.73. The van der Waals surface area contributed by atoms with Crippen LogP contribution in [-0.4, -0.2) is 15.4 Å². The highest BCUT2D eigenvalue weighted by Gasteiger charge is 2.14. The smallest absolute Gasteiger partial charge is 0.339 e. The summed E-state index contributed by atoms with van der Waals surface area (Å²) in [5.41, 5.74) is 7.36. The first-order chi connectivity index (χ1) is 9.65. The Kier molecular flexibility index (Phi) is 3.45. The minimum atomic E-state index is -0.430. The van der Waals surface area contributed by atoms with Crippen LogP contribution in [-0.2, 0) is 11.3 Å². The van der Waals surface area contributed by atoms with Crippen molar-refractivity contribution in [1.29, 1.82) is 0 Å². The van der Waals surface area contributed by atoms with Crippen molar-refractivity contribution in [3.05, 3.63) is 51.7 Å². The summed E-state index contributed by atoms with van der Waals surface area (Å²) >= 11 is 4.82. The third-order valence-corrected chi connectivity index (χ3v) is 4.40. The van der Waals surface area contributed by atoms with Crippen LogP contribution in [0.25, 0.3) is 4.96 Å². The number of anilines is 1. The number of aromatic nitrogens is 2. The number of rotatable bonds is 3. The highest BCUT2D eigenvalue weighted by Crippen LogP contribution is 2.24. The molecule has 20 heavy (non-hydrogen) atoms. The van der Waals surface area contributed by atoms with E-state index < -0.39 is 5.97 Å². The van der Waals surface area contributed by atoms with Crippen molar-refractivity contribution in [3.63, 3.8) is 0 Å². The zero-order valence-electron chi connectivity index (χ0n) is 10.2. The zero-order chi connectivity index (χ0) is 14.1. The standard InChI is InChI=1S/C13H10BrN3O2S/c14-11-9(2-1-3-10(11)15)12(18)19-7-8-6-17-4-5-20-13(17)16-8/h1-6H,7,15H2. The SMILES string of the molecule is Nc1cccc(C(=O)OCc2cn3ccsc3n2)c1Br. The Morgan fingerprint density at radius 3 is 3.15 bits per heavy atom. The lowest BCUT2D eigenvalue weighted by molar-refractivity contribution is 0.0467. The molecular formula is C13H10BrN3O2S. The van der Waals surface area contributed by atoms with Crippen molar-refractivity contribution in [2.45, 2.75) is 6.61 Å². The number of ether oxygens (including phenoxy) is 1. The van der Waals surface area contributed by atoms with Gasteiger partial charge in [0.2, 0.25) is 0 Å². The number of nitrogens with zero attached hydrogens (tertiary/aromatic N) is 2. The van der Waals surface area contributed by atoms with Gasteiger partial charge in [0.15, 0.2) is 4.96 Å². The fourth-order valence-electron chi connectivity index (χ4n) is 1.77. The van der Waals surface area contributed by atoms with E-state index in [9.17, 15) is 4.79 Å². The summed E-state index contributed by atoms with van der Waals surface area (Å²) in [7, 11) is 0. The second-order valence-electron chi connectivity index (χ2n) is 4.11. The van der Waals surface area contributed by atoms with Gasteiger partial charge in [-0.1, -0.05) is 6.07 Å². The quantitative estimate of drug-likeness (QED) is 0.581. The molecule has 5 nitrogen and oxygen atoms in total. The molecule has 0 amide bonds. The Morgan fingerprint density at radius 2 is 2.35 bits per heavy atom. The topological polar surface area (TPSA) is 69.6 Å². The Labute approximate surface area is 127 Å². The zero-order valence-corrected chi connectivity index (χ0v) is 12.6. The van der Waals surface area contributed by atoms with Gasteiger partial charge in [0.25, 0.3) is 0 Å². The van der Waals surface area contributed by atoms with Crippen LogP contribution in [0, 0.1) is 0 Å². The summed E-state index contributed by atoms with van der Waals surface area (Å²) < 4.78 is 7.70. The predicted octanol–water partition coefficient (Wildman–Crippen LogP) is 3.10. The van der Waals surface area contributed by atoms with Crippen LogP contribution in [0.1, 0.15) is 16.1 Å². The van der Waals surface area contributed by atoms with Gasteiger partial charge in [-0.3, -0.25) is 4.40 Å². The third kappa shape index (κ3) is 2.41. The van der Waals surface area contributed by atoms with Gasteiger partial charge < -0.3 is 10.5 Å². The van der Waals surface area contributed by atoms with Crippen molar-refractivity contribution in [1.82, 2.24) is 9.38 Å². The fourth-order valence-corrected chi connectivity index (χ4v) is 2.92. The van der Waals surface area contributed by atoms with Crippen LogP contribution in [0.4, 0.5) is 5.69 Å². The first kappa shape index (κ1) is 13.1. The average Bonchev–Trinajstić information content (AvgIpc) is 3.00. The number of halogens is 1. The lowest BCUT2D eigenvalue weighted by atomic mass is 10.2. The van der Waals surface area contributed by atoms with Crippen molar-refractivity contribution in [3.8, 4) is 0 Å². The maximum absolute atomic E-state index is 12.0. The molecule has 0 aliphatic rings. The van der Waals surface area contributed by atoms with Crippen LogP contribution >= 0.6 is 27.3 Å². The van der Waals surface area contributed by atoms with E-state index in [-0.39, 0.29) is 6.61 Å². The molecule has 0 fully saturated rings. The number of imidazole rings is 1. The van der Waals surface area contributed by atoms with Crippen molar-refractivity contribution < 1.29 is 9.53 Å². The molecule has 3 aromatic rings. The van der Waals surface area contributed by atoms with Gasteiger partial charge in [0, 0.05) is 23.5 Å². The molecule has 0 saturated carbocycles. The van der Waals surface area contributed by atoms with E-state index in [4.69, 9.17) is 10.5 Å². The number of thiazole rings is 1. The van der Waals surface area contributed by atoms with Gasteiger partial charge >= 0.3 is 5.97 Å². The minimum Gasteiger partial charge on any atom is -0.455 e. The maximum atomic E-state index is 12.0. The highest BCUT2D eigenvalue weighted by molar-refractivity contribution is 9.10. The van der Waals surface area contributed by atoms with E-state index in [2.05, 4.69) is 20.9 Å². The van der Waals surface area contributed by atoms with E-state index in [0.717, 1.165) is 4.96 Å². The number of hydrogen-bond acceptors (Lipinski definition) is 5. The molecule has 0 bridgehead atoms. The normalized spacial score (nSPS) is 10.8. The van der Waals surface area contributed by atoms with Crippen LogP contribution in [0.5, 0.6) is 0 Å². The average molecular weight is 352 g/mol. The van der Waals surface area contributed by atoms with Crippen molar-refractivity contribution in [2.75, 3.05) is 5.73 Å². The molecule has 0 unspecified atom stereocenters. The van der Waals surface area contributed by atoms with E-state index in [1.54, 1.807) is 18.2 Å². The van der Waals surface area contributed by atoms with Crippen LogP contribution in [0.2, 0.25) is 0 Å². The van der Waals surface area contributed by atoms with Gasteiger partial charge in [-0.15, -0.1) is 11.3 Å². The number of carbonyl (C=O) groups is 1. The molecule has 102 valence electrons. The minimum absolute atomic E-state index is 0.133. The van der Waals surface area contributed by atoms with Crippen LogP contribution < -0.4 is 5.73 Å². The van der Waals surface area contributed by atoms with Crippen LogP contribution in [0.15, 0.2) is 40.4 Å². The number of hydrogen-bond donors (Lipinski definition) is 1. The monoisotopic (exact) mass is 351 g/mol. The molecule has 0 radical (unpaired) electrons. The van der Waals surface area contributed by atoms with Gasteiger partial charge in [-0.05, 0) is 28.1 Å². The molecule has 2 aromatic heterocycles. The molecule has 0 atom stereocenters. The highest BCUT2D eigenvalue weighted by atomic mass is 79.9. The first-order valence-electron chi connectivity index (χ1n) is 5.77. The number of carbonyl (C=O) groups excluding carboxylic acids is 1. The summed E-state index contributed by atoms with van der Waals surface area (Å²) in [5.74, 6) is -0.430. The second-order valence-corrected chi connectivity index (χ2v) is 5.78. The molecule has 0 aliphatic heterocycles. The fraction of sp³-hybridized carbons (Fsp3) is 0.0769. The van der Waals surface area contributed by atoms with Gasteiger partial charge in [0.1, 0.15) is 6.61 Å². The lowest BCUT2D eigenvalue weighted by Gasteiger charge is -2.06. The summed E-state index contributed by atoms with van der Waals surface area (Å²) in [6.45, 7) is 0.133. The van der Waals surface area contributed by atoms with Gasteiger partial charge in [-0.25, -0.2) is 9.78 Å². The Morgan fingerprint density at radius 1 is 1.50 bits per heavy atom. The Hall–Kier alpha value is -1.86. The molecular weight excluding hydrogens is 342 g/mol. The summed E-state index contributed by atoms with van der Waals surface area (Å²) in [4.78, 5) is 17.2. The van der Waals surface area contributed by atoms with E-state index >= 15 is 0 Å². The number of fused-ring (bicyclic) bond motifs is 1. The molecule has 0 spiro atoms. The number of benzene rings is 1. The van der Waals surface area contributed by atoms with Gasteiger partial charge in [0.05, 0.1) is 15.7 Å². The molecule has 0 saturated heterocycles. The molecule has 1 aromatic carbocycles. The van der Waals surface area contributed by atoms with E-state index in [1.165, 1.54) is 11.3 Å². The molecule has 2 N–H and O–H groups in total.